The number of carbonyl (C=O) groups is 1. The predicted molar refractivity (Wildman–Crippen MR) is 119 cm³/mol. The number of hydrogen-bond donors (Lipinski definition) is 1. The van der Waals surface area contributed by atoms with Gasteiger partial charge in [-0.1, -0.05) is 6.92 Å². The van der Waals surface area contributed by atoms with Gasteiger partial charge in [-0.25, -0.2) is 13.6 Å². The van der Waals surface area contributed by atoms with E-state index < -0.39 is 10.0 Å². The highest BCUT2D eigenvalue weighted by Gasteiger charge is 2.31. The first kappa shape index (κ1) is 21.3. The van der Waals surface area contributed by atoms with Crippen LogP contribution in [0.3, 0.4) is 0 Å². The summed E-state index contributed by atoms with van der Waals surface area (Å²) in [5, 5.41) is 7.30. The van der Waals surface area contributed by atoms with Crippen LogP contribution in [0.5, 0.6) is 0 Å². The highest BCUT2D eigenvalue weighted by molar-refractivity contribution is 7.89. The molecule has 7 nitrogen and oxygen atoms in total. The maximum atomic E-state index is 13.1. The Balaban J connectivity index is 1.33. The molecule has 3 heterocycles. The van der Waals surface area contributed by atoms with Gasteiger partial charge < -0.3 is 9.80 Å². The first-order valence-electron chi connectivity index (χ1n) is 10.3. The second kappa shape index (κ2) is 8.66. The third-order valence-corrected chi connectivity index (χ3v) is 7.99. The molecule has 30 heavy (non-hydrogen) atoms. The molecule has 2 aromatic rings. The molecule has 0 spiro atoms. The van der Waals surface area contributed by atoms with Crippen LogP contribution in [-0.2, 0) is 21.2 Å². The van der Waals surface area contributed by atoms with Gasteiger partial charge >= 0.3 is 0 Å². The lowest BCUT2D eigenvalue weighted by Gasteiger charge is -2.39. The lowest BCUT2D eigenvalue weighted by molar-refractivity contribution is -0.135. The first-order chi connectivity index (χ1) is 14.4. The lowest BCUT2D eigenvalue weighted by Crippen LogP contribution is -2.51. The quantitative estimate of drug-likeness (QED) is 0.757. The molecule has 4 rings (SSSR count). The third-order valence-electron chi connectivity index (χ3n) is 6.06. The van der Waals surface area contributed by atoms with Gasteiger partial charge in [0.2, 0.25) is 15.9 Å². The molecule has 1 amide bonds. The van der Waals surface area contributed by atoms with Crippen LogP contribution >= 0.6 is 11.3 Å². The molecule has 1 fully saturated rings. The van der Waals surface area contributed by atoms with Gasteiger partial charge in [0.1, 0.15) is 0 Å². The van der Waals surface area contributed by atoms with E-state index in [2.05, 4.69) is 33.1 Å². The van der Waals surface area contributed by atoms with E-state index in [-0.39, 0.29) is 16.8 Å². The molecule has 0 aliphatic carbocycles. The minimum Gasteiger partial charge on any atom is -0.369 e. The topological polar surface area (TPSA) is 86.9 Å². The molecule has 2 aliphatic rings. The normalized spacial score (nSPS) is 20.3. The Kier molecular flexibility index (Phi) is 6.15. The summed E-state index contributed by atoms with van der Waals surface area (Å²) < 4.78 is 22.8. The van der Waals surface area contributed by atoms with Gasteiger partial charge in [0.25, 0.3) is 0 Å². The summed E-state index contributed by atoms with van der Waals surface area (Å²) in [5.74, 6) is 0.213. The van der Waals surface area contributed by atoms with E-state index in [1.807, 2.05) is 0 Å². The van der Waals surface area contributed by atoms with Gasteiger partial charge in [-0.15, -0.1) is 11.3 Å². The fraction of sp³-hybridized carbons (Fsp3) is 0.476. The summed E-state index contributed by atoms with van der Waals surface area (Å²) >= 11 is 1.80. The van der Waals surface area contributed by atoms with Crippen molar-refractivity contribution in [2.45, 2.75) is 30.7 Å². The van der Waals surface area contributed by atoms with Crippen molar-refractivity contribution >= 4 is 33.0 Å². The second-order valence-corrected chi connectivity index (χ2v) is 10.4. The zero-order valence-electron chi connectivity index (χ0n) is 17.2. The van der Waals surface area contributed by atoms with Crippen LogP contribution < -0.4 is 10.0 Å². The van der Waals surface area contributed by atoms with Crippen LogP contribution in [0.2, 0.25) is 0 Å². The van der Waals surface area contributed by atoms with Crippen molar-refractivity contribution in [3.05, 3.63) is 46.2 Å². The number of amides is 1. The van der Waals surface area contributed by atoms with Crippen LogP contribution in [0.15, 0.2) is 40.6 Å². The van der Waals surface area contributed by atoms with Crippen molar-refractivity contribution in [1.29, 1.82) is 0 Å². The fourth-order valence-corrected chi connectivity index (χ4v) is 5.87. The Morgan fingerprint density at radius 1 is 1.10 bits per heavy atom. The molecule has 162 valence electrons. The summed E-state index contributed by atoms with van der Waals surface area (Å²) in [4.78, 5) is 21.1. The van der Waals surface area contributed by atoms with E-state index in [4.69, 9.17) is 5.14 Å². The number of carbonyl (C=O) groups excluding carboxylic acids is 1. The summed E-state index contributed by atoms with van der Waals surface area (Å²) in [6.45, 7) is 6.61. The number of anilines is 1. The van der Waals surface area contributed by atoms with E-state index in [1.54, 1.807) is 35.6 Å². The van der Waals surface area contributed by atoms with Gasteiger partial charge in [-0.3, -0.25) is 9.69 Å². The largest absolute Gasteiger partial charge is 0.369 e. The molecule has 2 aliphatic heterocycles. The minimum absolute atomic E-state index is 0.122. The zero-order chi connectivity index (χ0) is 21.3. The predicted octanol–water partition coefficient (Wildman–Crippen LogP) is 2.05. The van der Waals surface area contributed by atoms with Crippen LogP contribution in [0.1, 0.15) is 29.8 Å². The summed E-state index contributed by atoms with van der Waals surface area (Å²) in [7, 11) is -3.67. The van der Waals surface area contributed by atoms with Crippen LogP contribution in [0, 0.1) is 0 Å². The molecule has 0 radical (unpaired) electrons. The smallest absolute Gasteiger partial charge is 0.238 e. The Bertz CT molecular complexity index is 996. The second-order valence-electron chi connectivity index (χ2n) is 7.86. The molecule has 1 saturated heterocycles. The Hall–Kier alpha value is -1.94. The molecule has 1 unspecified atom stereocenters. The van der Waals surface area contributed by atoms with Crippen molar-refractivity contribution in [3.63, 3.8) is 0 Å². The summed E-state index contributed by atoms with van der Waals surface area (Å²) in [6.07, 6.45) is 1.90. The number of fused-ring (bicyclic) bond motifs is 1. The van der Waals surface area contributed by atoms with Crippen molar-refractivity contribution in [3.8, 4) is 0 Å². The number of hydrogen-bond acceptors (Lipinski definition) is 6. The third kappa shape index (κ3) is 4.39. The van der Waals surface area contributed by atoms with Gasteiger partial charge in [-0.05, 0) is 54.1 Å². The van der Waals surface area contributed by atoms with Crippen LogP contribution in [-0.4, -0.2) is 63.4 Å². The van der Waals surface area contributed by atoms with E-state index in [1.165, 1.54) is 10.4 Å². The van der Waals surface area contributed by atoms with Crippen LogP contribution in [0.4, 0.5) is 5.69 Å². The highest BCUT2D eigenvalue weighted by atomic mass is 32.2. The standard InChI is InChI=1S/C21H28N4O3S2/c1-2-19-18-8-14-29-20(18)7-9-25(19)21(26)15-23-10-12-24(13-11-23)16-3-5-17(6-4-16)30(22,27)28/h3-6,8,14,19H,2,7,9-13,15H2,1H3,(H2,22,27,28). The highest BCUT2D eigenvalue weighted by Crippen LogP contribution is 2.35. The molecular weight excluding hydrogens is 420 g/mol. The fourth-order valence-electron chi connectivity index (χ4n) is 4.43. The average Bonchev–Trinajstić information content (AvgIpc) is 3.22. The number of rotatable bonds is 5. The maximum absolute atomic E-state index is 13.1. The molecule has 0 bridgehead atoms. The SMILES string of the molecule is CCC1c2ccsc2CCN1C(=O)CN1CCN(c2ccc(S(N)(=O)=O)cc2)CC1. The van der Waals surface area contributed by atoms with Crippen molar-refractivity contribution in [2.24, 2.45) is 5.14 Å². The number of thiophene rings is 1. The number of benzene rings is 1. The van der Waals surface area contributed by atoms with Crippen LogP contribution in [0.25, 0.3) is 0 Å². The number of piperazine rings is 1. The lowest BCUT2D eigenvalue weighted by atomic mass is 9.97. The summed E-state index contributed by atoms with van der Waals surface area (Å²) in [6, 6.07) is 9.04. The molecule has 1 atom stereocenters. The molecule has 1 aromatic carbocycles. The molecule has 2 N–H and O–H groups in total. The van der Waals surface area contributed by atoms with Gasteiger partial charge in [0, 0.05) is 43.3 Å². The maximum Gasteiger partial charge on any atom is 0.238 e. The Morgan fingerprint density at radius 2 is 1.80 bits per heavy atom. The van der Waals surface area contributed by atoms with E-state index in [9.17, 15) is 13.2 Å². The number of nitrogens with two attached hydrogens (primary N) is 1. The monoisotopic (exact) mass is 448 g/mol. The summed E-state index contributed by atoms with van der Waals surface area (Å²) in [5.41, 5.74) is 2.30. The van der Waals surface area contributed by atoms with Gasteiger partial charge in [0.15, 0.2) is 0 Å². The van der Waals surface area contributed by atoms with Crippen molar-refractivity contribution < 1.29 is 13.2 Å². The average molecular weight is 449 g/mol. The molecule has 0 saturated carbocycles. The number of nitrogens with zero attached hydrogens (tertiary/aromatic N) is 3. The molecular formula is C21H28N4O3S2. The van der Waals surface area contributed by atoms with Crippen molar-refractivity contribution in [2.75, 3.05) is 44.2 Å². The van der Waals surface area contributed by atoms with Gasteiger partial charge in [-0.2, -0.15) is 0 Å². The number of sulfonamides is 1. The Morgan fingerprint density at radius 3 is 2.43 bits per heavy atom. The molecule has 9 heteroatoms. The number of primary sulfonamides is 1. The minimum atomic E-state index is -3.67. The first-order valence-corrected chi connectivity index (χ1v) is 12.8. The van der Waals surface area contributed by atoms with E-state index in [0.717, 1.165) is 51.3 Å². The van der Waals surface area contributed by atoms with Gasteiger partial charge in [0.05, 0.1) is 17.5 Å². The van der Waals surface area contributed by atoms with Crippen molar-refractivity contribution in [1.82, 2.24) is 9.80 Å². The zero-order valence-corrected chi connectivity index (χ0v) is 18.8. The van der Waals surface area contributed by atoms with E-state index in [0.29, 0.717) is 6.54 Å². The molecule has 1 aromatic heterocycles. The Labute approximate surface area is 182 Å². The van der Waals surface area contributed by atoms with E-state index >= 15 is 0 Å².